The predicted molar refractivity (Wildman–Crippen MR) is 82.5 cm³/mol. The molecule has 0 radical (unpaired) electrons. The summed E-state index contributed by atoms with van der Waals surface area (Å²) in [6, 6.07) is 9.59. The highest BCUT2D eigenvalue weighted by Crippen LogP contribution is 2.30. The molecule has 110 valence electrons. The number of halogens is 2. The molecule has 0 spiro atoms. The van der Waals surface area contributed by atoms with Gasteiger partial charge in [0.05, 0.1) is 26.6 Å². The van der Waals surface area contributed by atoms with Gasteiger partial charge in [0.1, 0.15) is 12.4 Å². The largest absolute Gasteiger partial charge is 0.487 e. The number of hydrogen-bond donors (Lipinski definition) is 1. The summed E-state index contributed by atoms with van der Waals surface area (Å²) in [5.74, 6) is 0.515. The maximum atomic E-state index is 11.0. The van der Waals surface area contributed by atoms with Crippen molar-refractivity contribution in [1.82, 2.24) is 0 Å². The Morgan fingerprint density at radius 3 is 2.71 bits per heavy atom. The van der Waals surface area contributed by atoms with E-state index < -0.39 is 4.92 Å². The van der Waals surface area contributed by atoms with E-state index in [0.717, 1.165) is 5.56 Å². The van der Waals surface area contributed by atoms with Gasteiger partial charge in [0.2, 0.25) is 0 Å². The van der Waals surface area contributed by atoms with Gasteiger partial charge < -0.3 is 9.84 Å². The molecule has 21 heavy (non-hydrogen) atoms. The van der Waals surface area contributed by atoms with Crippen LogP contribution in [0.2, 0.25) is 5.02 Å². The van der Waals surface area contributed by atoms with Crippen molar-refractivity contribution in [2.75, 3.05) is 0 Å². The Morgan fingerprint density at radius 2 is 2.10 bits per heavy atom. The average molecular weight is 373 g/mol. The van der Waals surface area contributed by atoms with Gasteiger partial charge in [-0.15, -0.1) is 0 Å². The van der Waals surface area contributed by atoms with Crippen molar-refractivity contribution in [3.05, 3.63) is 67.1 Å². The molecule has 0 unspecified atom stereocenters. The molecule has 1 N–H and O–H groups in total. The highest BCUT2D eigenvalue weighted by Gasteiger charge is 2.17. The molecule has 2 aromatic carbocycles. The first kappa shape index (κ1) is 15.8. The molecule has 0 amide bonds. The second-order valence-corrected chi connectivity index (χ2v) is 5.47. The predicted octanol–water partition coefficient (Wildman–Crippen LogP) is 4.08. The summed E-state index contributed by atoms with van der Waals surface area (Å²) >= 11 is 9.32. The summed E-state index contributed by atoms with van der Waals surface area (Å²) in [4.78, 5) is 10.5. The Morgan fingerprint density at radius 1 is 1.33 bits per heavy atom. The maximum absolute atomic E-state index is 11.0. The molecule has 0 atom stereocenters. The Balaban J connectivity index is 2.22. The van der Waals surface area contributed by atoms with Crippen LogP contribution in [0.5, 0.6) is 5.75 Å². The van der Waals surface area contributed by atoms with Gasteiger partial charge in [-0.25, -0.2) is 0 Å². The highest BCUT2D eigenvalue weighted by molar-refractivity contribution is 9.10. The molecule has 0 bridgehead atoms. The Kier molecular flexibility index (Phi) is 5.17. The minimum atomic E-state index is -0.492. The first-order valence-electron chi connectivity index (χ1n) is 5.96. The quantitative estimate of drug-likeness (QED) is 0.634. The second kappa shape index (κ2) is 6.89. The molecule has 7 heteroatoms. The first-order valence-corrected chi connectivity index (χ1v) is 7.14. The number of benzene rings is 2. The fourth-order valence-electron chi connectivity index (χ4n) is 1.77. The highest BCUT2D eigenvalue weighted by atomic mass is 79.9. The molecule has 0 heterocycles. The molecule has 2 aromatic rings. The topological polar surface area (TPSA) is 72.6 Å². The minimum absolute atomic E-state index is 0.0208. The van der Waals surface area contributed by atoms with E-state index in [1.54, 1.807) is 24.3 Å². The fraction of sp³-hybridized carbons (Fsp3) is 0.143. The van der Waals surface area contributed by atoms with Gasteiger partial charge in [-0.1, -0.05) is 23.7 Å². The standard InChI is InChI=1S/C14H11BrClNO4/c15-11-6-9(7-18)4-5-14(11)21-8-10-12(16)2-1-3-13(10)17(19)20/h1-6,18H,7-8H2. The summed E-state index contributed by atoms with van der Waals surface area (Å²) < 4.78 is 6.23. The van der Waals surface area contributed by atoms with E-state index in [1.165, 1.54) is 12.1 Å². The number of hydrogen-bond acceptors (Lipinski definition) is 4. The molecule has 0 fully saturated rings. The monoisotopic (exact) mass is 371 g/mol. The summed E-state index contributed by atoms with van der Waals surface area (Å²) in [7, 11) is 0. The van der Waals surface area contributed by atoms with Crippen LogP contribution in [0, 0.1) is 10.1 Å². The van der Waals surface area contributed by atoms with E-state index >= 15 is 0 Å². The molecular formula is C14H11BrClNO4. The lowest BCUT2D eigenvalue weighted by molar-refractivity contribution is -0.385. The molecule has 0 saturated carbocycles. The van der Waals surface area contributed by atoms with Crippen LogP contribution in [-0.2, 0) is 13.2 Å². The molecule has 2 rings (SSSR count). The third-order valence-corrected chi connectivity index (χ3v) is 3.82. The van der Waals surface area contributed by atoms with Crippen LogP contribution in [0.3, 0.4) is 0 Å². The number of rotatable bonds is 5. The van der Waals surface area contributed by atoms with Gasteiger partial charge in [-0.2, -0.15) is 0 Å². The third kappa shape index (κ3) is 3.72. The fourth-order valence-corrected chi connectivity index (χ4v) is 2.54. The van der Waals surface area contributed by atoms with Crippen LogP contribution in [0.1, 0.15) is 11.1 Å². The number of nitro benzene ring substituents is 1. The van der Waals surface area contributed by atoms with Crippen LogP contribution in [-0.4, -0.2) is 10.0 Å². The molecule has 0 aliphatic carbocycles. The minimum Gasteiger partial charge on any atom is -0.487 e. The van der Waals surface area contributed by atoms with E-state index in [-0.39, 0.29) is 23.9 Å². The van der Waals surface area contributed by atoms with Crippen molar-refractivity contribution in [2.24, 2.45) is 0 Å². The number of aliphatic hydroxyl groups is 1. The SMILES string of the molecule is O=[N+]([O-])c1cccc(Cl)c1COc1ccc(CO)cc1Br. The summed E-state index contributed by atoms with van der Waals surface area (Å²) in [6.07, 6.45) is 0. The van der Waals surface area contributed by atoms with Gasteiger partial charge >= 0.3 is 0 Å². The smallest absolute Gasteiger partial charge is 0.277 e. The van der Waals surface area contributed by atoms with Crippen LogP contribution < -0.4 is 4.74 Å². The van der Waals surface area contributed by atoms with E-state index in [1.807, 2.05) is 0 Å². The van der Waals surface area contributed by atoms with Gasteiger partial charge in [-0.05, 0) is 39.7 Å². The lowest BCUT2D eigenvalue weighted by Crippen LogP contribution is -2.02. The number of ether oxygens (including phenoxy) is 1. The molecular weight excluding hydrogens is 362 g/mol. The van der Waals surface area contributed by atoms with E-state index in [4.69, 9.17) is 21.4 Å². The Labute approximate surface area is 134 Å². The van der Waals surface area contributed by atoms with Crippen molar-refractivity contribution in [3.8, 4) is 5.75 Å². The van der Waals surface area contributed by atoms with Crippen molar-refractivity contribution in [3.63, 3.8) is 0 Å². The molecule has 5 nitrogen and oxygen atoms in total. The normalized spacial score (nSPS) is 10.4. The number of nitrogens with zero attached hydrogens (tertiary/aromatic N) is 1. The second-order valence-electron chi connectivity index (χ2n) is 4.21. The average Bonchev–Trinajstić information content (AvgIpc) is 2.46. The number of nitro groups is 1. The third-order valence-electron chi connectivity index (χ3n) is 2.84. The van der Waals surface area contributed by atoms with Crippen molar-refractivity contribution >= 4 is 33.2 Å². The van der Waals surface area contributed by atoms with Crippen LogP contribution in [0.15, 0.2) is 40.9 Å². The summed E-state index contributed by atoms with van der Waals surface area (Å²) in [5, 5.41) is 20.3. The zero-order valence-electron chi connectivity index (χ0n) is 10.8. The van der Waals surface area contributed by atoms with Crippen LogP contribution in [0.25, 0.3) is 0 Å². The van der Waals surface area contributed by atoms with E-state index in [0.29, 0.717) is 15.8 Å². The van der Waals surface area contributed by atoms with Crippen LogP contribution >= 0.6 is 27.5 Å². The Bertz CT molecular complexity index is 678. The summed E-state index contributed by atoms with van der Waals surface area (Å²) in [6.45, 7) is -0.0953. The van der Waals surface area contributed by atoms with Gasteiger partial charge in [0.25, 0.3) is 5.69 Å². The maximum Gasteiger partial charge on any atom is 0.277 e. The molecule has 0 aliphatic heterocycles. The lowest BCUT2D eigenvalue weighted by atomic mass is 10.2. The van der Waals surface area contributed by atoms with Crippen molar-refractivity contribution < 1.29 is 14.8 Å². The van der Waals surface area contributed by atoms with Gasteiger partial charge in [-0.3, -0.25) is 10.1 Å². The zero-order chi connectivity index (χ0) is 15.4. The first-order chi connectivity index (χ1) is 10.0. The van der Waals surface area contributed by atoms with Gasteiger partial charge in [0.15, 0.2) is 0 Å². The van der Waals surface area contributed by atoms with Crippen molar-refractivity contribution in [1.29, 1.82) is 0 Å². The lowest BCUT2D eigenvalue weighted by Gasteiger charge is -2.10. The molecule has 0 aromatic heterocycles. The molecule has 0 saturated heterocycles. The summed E-state index contributed by atoms with van der Waals surface area (Å²) in [5.41, 5.74) is 0.978. The van der Waals surface area contributed by atoms with Gasteiger partial charge in [0, 0.05) is 6.07 Å². The Hall–Kier alpha value is -1.63. The number of aliphatic hydroxyl groups excluding tert-OH is 1. The van der Waals surface area contributed by atoms with Crippen molar-refractivity contribution in [2.45, 2.75) is 13.2 Å². The van der Waals surface area contributed by atoms with E-state index in [2.05, 4.69) is 15.9 Å². The van der Waals surface area contributed by atoms with E-state index in [9.17, 15) is 10.1 Å². The molecule has 0 aliphatic rings. The van der Waals surface area contributed by atoms with Crippen LogP contribution in [0.4, 0.5) is 5.69 Å². The zero-order valence-corrected chi connectivity index (χ0v) is 13.1.